The molecule has 0 bridgehead atoms. The molecule has 0 radical (unpaired) electrons. The zero-order valence-corrected chi connectivity index (χ0v) is 19.6. The third kappa shape index (κ3) is 8.70. The molecule has 2 aromatic carbocycles. The summed E-state index contributed by atoms with van der Waals surface area (Å²) in [5, 5.41) is 0.979. The van der Waals surface area contributed by atoms with Crippen LogP contribution in [0.5, 0.6) is 0 Å². The fraction of sp³-hybridized carbons (Fsp3) is 0.273. The van der Waals surface area contributed by atoms with Crippen molar-refractivity contribution in [2.24, 2.45) is 0 Å². The Balaban J connectivity index is 2.15. The summed E-state index contributed by atoms with van der Waals surface area (Å²) in [7, 11) is 0. The summed E-state index contributed by atoms with van der Waals surface area (Å²) in [6, 6.07) is 6.19. The highest BCUT2D eigenvalue weighted by atomic mass is 35.5. The zero-order valence-electron chi connectivity index (χ0n) is 17.3. The smallest absolute Gasteiger partial charge is 0.347 e. The third-order valence-electron chi connectivity index (χ3n) is 4.58. The largest absolute Gasteiger partial charge is 0.405 e. The molecule has 0 heterocycles. The minimum absolute atomic E-state index is 0.00573. The van der Waals surface area contributed by atoms with Gasteiger partial charge in [-0.25, -0.2) is 4.39 Å². The molecule has 2 aromatic rings. The van der Waals surface area contributed by atoms with Crippen LogP contribution in [0, 0.1) is 0 Å². The van der Waals surface area contributed by atoms with E-state index in [0.717, 1.165) is 36.4 Å². The van der Waals surface area contributed by atoms with Gasteiger partial charge in [-0.15, -0.1) is 0 Å². The molecule has 0 aliphatic carbocycles. The van der Waals surface area contributed by atoms with Crippen molar-refractivity contribution in [3.63, 3.8) is 0 Å². The van der Waals surface area contributed by atoms with Gasteiger partial charge in [0.25, 0.3) is 0 Å². The first kappa shape index (κ1) is 28.9. The summed E-state index contributed by atoms with van der Waals surface area (Å²) in [5.41, 5.74) is -0.721. The van der Waals surface area contributed by atoms with Gasteiger partial charge in [-0.1, -0.05) is 59.1 Å². The van der Waals surface area contributed by atoms with Crippen molar-refractivity contribution in [1.82, 2.24) is 5.32 Å². The van der Waals surface area contributed by atoms with Crippen molar-refractivity contribution in [3.05, 3.63) is 74.2 Å². The maximum Gasteiger partial charge on any atom is 0.405 e. The summed E-state index contributed by atoms with van der Waals surface area (Å²) in [5.74, 6) is -5.27. The van der Waals surface area contributed by atoms with Crippen LogP contribution in [0.3, 0.4) is 0 Å². The van der Waals surface area contributed by atoms with Crippen LogP contribution in [-0.2, 0) is 4.79 Å². The number of benzene rings is 2. The summed E-state index contributed by atoms with van der Waals surface area (Å²) in [6.45, 7) is -1.53. The van der Waals surface area contributed by atoms with Crippen LogP contribution in [0.25, 0.3) is 5.83 Å². The van der Waals surface area contributed by atoms with Gasteiger partial charge < -0.3 is 5.32 Å². The van der Waals surface area contributed by atoms with Gasteiger partial charge in [0.2, 0.25) is 5.91 Å². The van der Waals surface area contributed by atoms with Gasteiger partial charge in [-0.05, 0) is 23.8 Å². The Morgan fingerprint density at radius 2 is 1.40 bits per heavy atom. The monoisotopic (exact) mass is 563 g/mol. The fourth-order valence-electron chi connectivity index (χ4n) is 2.85. The molecule has 3 nitrogen and oxygen atoms in total. The quantitative estimate of drug-likeness (QED) is 0.201. The van der Waals surface area contributed by atoms with Crippen LogP contribution in [-0.4, -0.2) is 30.6 Å². The van der Waals surface area contributed by atoms with E-state index in [4.69, 9.17) is 34.8 Å². The molecule has 190 valence electrons. The highest BCUT2D eigenvalue weighted by Gasteiger charge is 2.40. The number of carbonyl (C=O) groups excluding carboxylic acids is 2. The topological polar surface area (TPSA) is 46.2 Å². The number of allylic oxidation sites excluding steroid dienone is 1. The lowest BCUT2D eigenvalue weighted by Gasteiger charge is -2.19. The van der Waals surface area contributed by atoms with Crippen molar-refractivity contribution < 1.29 is 40.3 Å². The second kappa shape index (κ2) is 11.6. The molecule has 0 aliphatic rings. The van der Waals surface area contributed by atoms with Crippen molar-refractivity contribution in [2.75, 3.05) is 6.54 Å². The molecule has 35 heavy (non-hydrogen) atoms. The normalized spacial score (nSPS) is 13.5. The number of Topliss-reactive ketones (excluding diaryl/α,β-unsaturated/α-hetero) is 1. The molecule has 2 rings (SSSR count). The molecule has 0 spiro atoms. The number of ketones is 1. The van der Waals surface area contributed by atoms with Crippen LogP contribution in [0.2, 0.25) is 15.1 Å². The average Bonchev–Trinajstić information content (AvgIpc) is 2.76. The van der Waals surface area contributed by atoms with E-state index < -0.39 is 60.7 Å². The van der Waals surface area contributed by atoms with E-state index in [1.165, 1.54) is 0 Å². The van der Waals surface area contributed by atoms with Crippen LogP contribution >= 0.6 is 34.8 Å². The van der Waals surface area contributed by atoms with Gasteiger partial charge in [-0.3, -0.25) is 9.59 Å². The van der Waals surface area contributed by atoms with Crippen LogP contribution in [0.1, 0.15) is 40.2 Å². The highest BCUT2D eigenvalue weighted by Crippen LogP contribution is 2.42. The molecule has 0 aliphatic heterocycles. The van der Waals surface area contributed by atoms with E-state index >= 15 is 0 Å². The summed E-state index contributed by atoms with van der Waals surface area (Å²) >= 11 is 17.3. The van der Waals surface area contributed by atoms with E-state index in [9.17, 15) is 40.3 Å². The van der Waals surface area contributed by atoms with E-state index in [2.05, 4.69) is 0 Å². The van der Waals surface area contributed by atoms with Gasteiger partial charge >= 0.3 is 12.4 Å². The molecule has 1 amide bonds. The van der Waals surface area contributed by atoms with Crippen molar-refractivity contribution in [2.45, 2.75) is 31.1 Å². The number of hydrogen-bond acceptors (Lipinski definition) is 2. The molecule has 13 heteroatoms. The van der Waals surface area contributed by atoms with Gasteiger partial charge in [0, 0.05) is 24.0 Å². The zero-order chi connectivity index (χ0) is 26.6. The second-order valence-electron chi connectivity index (χ2n) is 7.22. The van der Waals surface area contributed by atoms with Crippen LogP contribution in [0.4, 0.5) is 30.7 Å². The predicted molar refractivity (Wildman–Crippen MR) is 118 cm³/mol. The maximum atomic E-state index is 14.7. The van der Waals surface area contributed by atoms with Crippen LogP contribution < -0.4 is 5.32 Å². The SMILES string of the molecule is O=C(CCC(=O)c1ccc(/C(F)=C/C(c2cc(Cl)c(Cl)c(Cl)c2)C(F)(F)F)cc1)NCC(F)(F)F. The molecule has 0 saturated carbocycles. The molecule has 0 fully saturated rings. The molecular weight excluding hydrogens is 550 g/mol. The molecule has 1 N–H and O–H groups in total. The second-order valence-corrected chi connectivity index (χ2v) is 8.42. The molecule has 0 aromatic heterocycles. The van der Waals surface area contributed by atoms with Crippen molar-refractivity contribution in [1.29, 1.82) is 0 Å². The lowest BCUT2D eigenvalue weighted by atomic mass is 9.96. The van der Waals surface area contributed by atoms with Crippen molar-refractivity contribution in [3.8, 4) is 0 Å². The van der Waals surface area contributed by atoms with Crippen molar-refractivity contribution >= 4 is 52.3 Å². The Morgan fingerprint density at radius 1 is 0.886 bits per heavy atom. The van der Waals surface area contributed by atoms with Gasteiger partial charge in [-0.2, -0.15) is 26.3 Å². The number of nitrogens with one attached hydrogen (secondary N) is 1. The summed E-state index contributed by atoms with van der Waals surface area (Å²) < 4.78 is 91.8. The first-order chi connectivity index (χ1) is 16.1. The van der Waals surface area contributed by atoms with E-state index in [1.54, 1.807) is 5.32 Å². The van der Waals surface area contributed by atoms with E-state index in [-0.39, 0.29) is 26.2 Å². The maximum absolute atomic E-state index is 14.7. The third-order valence-corrected chi connectivity index (χ3v) is 5.78. The first-order valence-corrected chi connectivity index (χ1v) is 10.8. The summed E-state index contributed by atoms with van der Waals surface area (Å²) in [6.07, 6.45) is -10.1. The molecular formula is C22H15Cl3F7NO2. The summed E-state index contributed by atoms with van der Waals surface area (Å²) in [4.78, 5) is 23.5. The Labute approximate surface area is 209 Å². The first-order valence-electron chi connectivity index (χ1n) is 9.64. The Morgan fingerprint density at radius 3 is 1.89 bits per heavy atom. The minimum atomic E-state index is -4.90. The fourth-order valence-corrected chi connectivity index (χ4v) is 3.46. The number of alkyl halides is 6. The number of hydrogen-bond donors (Lipinski definition) is 1. The highest BCUT2D eigenvalue weighted by molar-refractivity contribution is 6.48. The number of rotatable bonds is 8. The van der Waals surface area contributed by atoms with E-state index in [1.807, 2.05) is 0 Å². The number of halogens is 10. The number of carbonyl (C=O) groups is 2. The van der Waals surface area contributed by atoms with Gasteiger partial charge in [0.15, 0.2) is 5.78 Å². The molecule has 0 saturated heterocycles. The Bertz CT molecular complexity index is 1090. The Kier molecular flexibility index (Phi) is 9.61. The van der Waals surface area contributed by atoms with Gasteiger partial charge in [0.05, 0.1) is 15.1 Å². The van der Waals surface area contributed by atoms with Crippen LogP contribution in [0.15, 0.2) is 42.5 Å². The lowest BCUT2D eigenvalue weighted by molar-refractivity contribution is -0.139. The number of amides is 1. The predicted octanol–water partition coefficient (Wildman–Crippen LogP) is 7.94. The standard InChI is InChI=1S/C22H15Cl3F7NO2/c23-15-7-13(8-16(24)20(15)25)14(22(30,31)32)9-17(26)11-1-3-12(4-2-11)18(34)5-6-19(35)33-10-21(27,28)29/h1-4,7-9,14H,5-6,10H2,(H,33,35)/b17-9-. The average molecular weight is 565 g/mol. The lowest BCUT2D eigenvalue weighted by Crippen LogP contribution is -2.33. The molecule has 1 unspecified atom stereocenters. The Hall–Kier alpha value is -2.30. The molecule has 1 atom stereocenters. The van der Waals surface area contributed by atoms with Gasteiger partial charge in [0.1, 0.15) is 18.3 Å². The van der Waals surface area contributed by atoms with E-state index in [0.29, 0.717) is 6.08 Å². The minimum Gasteiger partial charge on any atom is -0.347 e.